The molecule has 0 unspecified atom stereocenters. The molecule has 15 nitrogen and oxygen atoms in total. The first-order chi connectivity index (χ1) is 52.0. The Bertz CT molecular complexity index is 6470. The number of para-hydroxylation sites is 6. The van der Waals surface area contributed by atoms with Gasteiger partial charge in [0.25, 0.3) is 16.7 Å². The lowest BCUT2D eigenvalue weighted by Crippen LogP contribution is -2.27. The van der Waals surface area contributed by atoms with Gasteiger partial charge < -0.3 is 27.4 Å². The molecule has 6 aromatic heterocycles. The Balaban J connectivity index is 0.000000135. The lowest BCUT2D eigenvalue weighted by Gasteiger charge is -2.16. The van der Waals surface area contributed by atoms with Crippen molar-refractivity contribution < 1.29 is 14.4 Å². The van der Waals surface area contributed by atoms with Gasteiger partial charge in [-0.05, 0) is 164 Å². The molecule has 0 N–H and O–H groups in total. The van der Waals surface area contributed by atoms with E-state index >= 15 is 0 Å². The average molecular weight is 1470 g/mol. The topological polar surface area (TPSA) is 171 Å². The molecule has 0 aliphatic rings. The summed E-state index contributed by atoms with van der Waals surface area (Å²) in [6, 6.07) is 78.1. The average Bonchev–Trinajstić information content (AvgIpc) is 1.72. The number of nitrogens with zero attached hydrogens (tertiary/aromatic N) is 9. The molecule has 18 heteroatoms. The fourth-order valence-corrected chi connectivity index (χ4v) is 14.4. The van der Waals surface area contributed by atoms with Gasteiger partial charge in [-0.3, -0.25) is 28.8 Å². The van der Waals surface area contributed by atoms with Crippen molar-refractivity contribution in [3.8, 4) is 33.4 Å². The summed E-state index contributed by atoms with van der Waals surface area (Å²) >= 11 is 19.0. The van der Waals surface area contributed by atoms with Crippen LogP contribution < -0.4 is 16.7 Å². The third-order valence-corrected chi connectivity index (χ3v) is 19.7. The zero-order chi connectivity index (χ0) is 74.6. The number of carbonyl (C=O) groups excluding carboxylic acids is 3. The van der Waals surface area contributed by atoms with Gasteiger partial charge in [-0.25, -0.2) is 15.0 Å². The Kier molecular flexibility index (Phi) is 20.6. The summed E-state index contributed by atoms with van der Waals surface area (Å²) < 4.78 is 10.7. The monoisotopic (exact) mass is 1460 g/mol. The maximum absolute atomic E-state index is 13.8. The number of aromatic nitrogens is 9. The van der Waals surface area contributed by atoms with Gasteiger partial charge in [0.15, 0.2) is 17.3 Å². The fourth-order valence-electron chi connectivity index (χ4n) is 13.9. The third kappa shape index (κ3) is 14.2. The summed E-state index contributed by atoms with van der Waals surface area (Å²) in [6.45, 7) is 5.67. The number of fused-ring (bicyclic) bond motifs is 6. The van der Waals surface area contributed by atoms with Gasteiger partial charge in [0.1, 0.15) is 17.5 Å². The molecule has 526 valence electrons. The summed E-state index contributed by atoms with van der Waals surface area (Å²) in [5.74, 6) is 0.787. The number of imidazole rings is 3. The van der Waals surface area contributed by atoms with Crippen LogP contribution in [0.15, 0.2) is 281 Å². The van der Waals surface area contributed by atoms with Gasteiger partial charge in [0, 0.05) is 88.7 Å². The van der Waals surface area contributed by atoms with Gasteiger partial charge >= 0.3 is 0 Å². The van der Waals surface area contributed by atoms with Crippen LogP contribution in [0.4, 0.5) is 0 Å². The minimum atomic E-state index is -0.394. The quantitative estimate of drug-likeness (QED) is 0.0674. The van der Waals surface area contributed by atoms with Crippen molar-refractivity contribution >= 4 is 136 Å². The molecule has 0 fully saturated rings. The molecule has 0 radical (unpaired) electrons. The largest absolute Gasteiger partial charge is 0.328 e. The van der Waals surface area contributed by atoms with Crippen molar-refractivity contribution in [3.63, 3.8) is 0 Å². The van der Waals surface area contributed by atoms with Crippen molar-refractivity contribution in [3.05, 3.63) is 353 Å². The van der Waals surface area contributed by atoms with Crippen molar-refractivity contribution in [2.45, 2.75) is 33.5 Å². The van der Waals surface area contributed by atoms with Crippen molar-refractivity contribution in [2.75, 3.05) is 0 Å². The molecule has 10 aromatic carbocycles. The van der Waals surface area contributed by atoms with E-state index in [1.54, 1.807) is 73.3 Å². The van der Waals surface area contributed by atoms with Crippen LogP contribution in [0.25, 0.3) is 117 Å². The highest BCUT2D eigenvalue weighted by atomic mass is 35.5. The zero-order valence-electron chi connectivity index (χ0n) is 58.9. The van der Waals surface area contributed by atoms with Crippen molar-refractivity contribution in [1.82, 2.24) is 42.4 Å². The Morgan fingerprint density at radius 2 is 0.664 bits per heavy atom. The van der Waals surface area contributed by atoms with E-state index in [1.165, 1.54) is 27.4 Å². The summed E-state index contributed by atoms with van der Waals surface area (Å²) in [4.78, 5) is 95.7. The molecule has 0 aliphatic carbocycles. The second kappa shape index (κ2) is 31.0. The van der Waals surface area contributed by atoms with Gasteiger partial charge in [0.2, 0.25) is 0 Å². The van der Waals surface area contributed by atoms with Crippen LogP contribution in [0.3, 0.4) is 0 Å². The summed E-state index contributed by atoms with van der Waals surface area (Å²) in [5.41, 5.74) is 12.1. The molecule has 16 rings (SSSR count). The maximum Gasteiger partial charge on any atom is 0.262 e. The second-order valence-corrected chi connectivity index (χ2v) is 26.8. The number of rotatable bonds is 16. The lowest BCUT2D eigenvalue weighted by molar-refractivity contribution is 0.103. The van der Waals surface area contributed by atoms with Gasteiger partial charge in [-0.1, -0.05) is 193 Å². The SMILES string of the molecule is CCn1c(/C=C/C(=O)c2c(-c3ccccc3)c3cc(Cl)ccc3n(CC)c2=O)nc2ccccc21.Cn1c(/C=C/C(=O)c2c(-c3ccccc3)c3cc(Cl)ccc3n(C)c2=O)nc2ccccc21.Cn1c(=O)c(C(=O)/C=C/c2nc3ccccc3n2Cc2ccccc2)c(-c2ccccc2)c2cc(Cl)ccc21. The molecule has 6 heterocycles. The van der Waals surface area contributed by atoms with Crippen LogP contribution in [-0.2, 0) is 40.8 Å². The Hall–Kier alpha value is -12.7. The first-order valence-corrected chi connectivity index (χ1v) is 35.8. The molecule has 0 saturated heterocycles. The zero-order valence-corrected chi connectivity index (χ0v) is 61.1. The Morgan fingerprint density at radius 3 is 1.08 bits per heavy atom. The predicted octanol–water partition coefficient (Wildman–Crippen LogP) is 19.4. The third-order valence-electron chi connectivity index (χ3n) is 19.0. The highest BCUT2D eigenvalue weighted by molar-refractivity contribution is 6.33. The summed E-state index contributed by atoms with van der Waals surface area (Å²) in [7, 11) is 5.23. The normalized spacial score (nSPS) is 11.6. The number of pyridine rings is 3. The Labute approximate surface area is 629 Å². The van der Waals surface area contributed by atoms with Gasteiger partial charge in [0.05, 0.1) is 66.3 Å². The van der Waals surface area contributed by atoms with Crippen LogP contribution in [0.1, 0.15) is 68.0 Å². The van der Waals surface area contributed by atoms with E-state index in [4.69, 9.17) is 39.8 Å². The molecule has 0 atom stereocenters. The number of aryl methyl sites for hydroxylation is 5. The van der Waals surface area contributed by atoms with E-state index in [0.29, 0.717) is 79.9 Å². The minimum Gasteiger partial charge on any atom is -0.328 e. The van der Waals surface area contributed by atoms with Crippen LogP contribution in [0.2, 0.25) is 15.1 Å². The molecule has 0 spiro atoms. The smallest absolute Gasteiger partial charge is 0.262 e. The molecule has 0 amide bonds. The highest BCUT2D eigenvalue weighted by Gasteiger charge is 2.26. The predicted molar refractivity (Wildman–Crippen MR) is 435 cm³/mol. The van der Waals surface area contributed by atoms with Crippen molar-refractivity contribution in [2.24, 2.45) is 21.1 Å². The number of allylic oxidation sites excluding steroid dienone is 3. The van der Waals surface area contributed by atoms with Crippen LogP contribution in [-0.4, -0.2) is 59.7 Å². The number of halogens is 3. The van der Waals surface area contributed by atoms with E-state index in [1.807, 2.05) is 230 Å². The summed E-state index contributed by atoms with van der Waals surface area (Å²) in [5, 5.41) is 3.86. The second-order valence-electron chi connectivity index (χ2n) is 25.5. The first kappa shape index (κ1) is 71.3. The van der Waals surface area contributed by atoms with E-state index in [-0.39, 0.29) is 44.9 Å². The number of carbonyl (C=O) groups is 3. The lowest BCUT2D eigenvalue weighted by atomic mass is 9.93. The number of hydrogen-bond acceptors (Lipinski definition) is 9. The molecule has 0 saturated carbocycles. The van der Waals surface area contributed by atoms with E-state index < -0.39 is 5.78 Å². The highest BCUT2D eigenvalue weighted by Crippen LogP contribution is 2.37. The van der Waals surface area contributed by atoms with Crippen LogP contribution >= 0.6 is 34.8 Å². The summed E-state index contributed by atoms with van der Waals surface area (Å²) in [6.07, 6.45) is 9.36. The fraction of sp³-hybridized carbons (Fsp3) is 0.0899. The first-order valence-electron chi connectivity index (χ1n) is 34.7. The molecule has 0 aliphatic heterocycles. The molecule has 107 heavy (non-hydrogen) atoms. The minimum absolute atomic E-state index is 0.0976. The number of ketones is 3. The molecular formula is C89H68Cl3N9O6. The van der Waals surface area contributed by atoms with E-state index in [0.717, 1.165) is 77.0 Å². The number of hydrogen-bond donors (Lipinski definition) is 0. The molecule has 0 bridgehead atoms. The van der Waals surface area contributed by atoms with Gasteiger partial charge in [-0.2, -0.15) is 0 Å². The van der Waals surface area contributed by atoms with Gasteiger partial charge in [-0.15, -0.1) is 0 Å². The Morgan fingerprint density at radius 1 is 0.336 bits per heavy atom. The van der Waals surface area contributed by atoms with E-state index in [2.05, 4.69) is 26.7 Å². The van der Waals surface area contributed by atoms with Crippen molar-refractivity contribution in [1.29, 1.82) is 0 Å². The maximum atomic E-state index is 13.8. The standard InChI is InChI=1S/C33H24ClN3O2.C29H24ClN3O2.C27H20ClN3O2/c1-36-27-17-16-24(34)20-25(27)31(23-12-6-3-7-13-23)32(33(36)39)29(38)18-19-30-35-26-14-8-9-15-28(26)37(30)21-22-10-4-2-5-11-22;1-3-32-24-13-9-8-12-22(24)31-26(32)17-16-25(34)28-27(19-10-6-5-7-11-19)21-18-20(30)14-15-23(21)33(4-2)29(28)35;1-30-22-11-7-6-10-20(22)29-24(30)15-14-23(32)26-25(17-8-4-3-5-9-17)19-16-18(28)12-13-21(19)31(2)27(26)33/h2-20H,21H2,1H3;5-18H,3-4H2,1-2H3;3-16H,1-2H3/b19-18+;17-16+;15-14+. The van der Waals surface area contributed by atoms with Crippen LogP contribution in [0, 0.1) is 0 Å². The molecular weight excluding hydrogens is 1400 g/mol. The van der Waals surface area contributed by atoms with E-state index in [9.17, 15) is 28.8 Å². The molecule has 16 aromatic rings. The number of benzene rings is 10. The van der Waals surface area contributed by atoms with Crippen LogP contribution in [0.5, 0.6) is 0 Å².